The Kier molecular flexibility index (Phi) is 13.4. The van der Waals surface area contributed by atoms with Crippen LogP contribution in [-0.2, 0) is 42.7 Å². The van der Waals surface area contributed by atoms with Crippen LogP contribution in [0, 0.1) is 18.8 Å². The van der Waals surface area contributed by atoms with Crippen LogP contribution in [0.1, 0.15) is 105 Å². The smallest absolute Gasteiger partial charge is 0.135 e. The Balaban J connectivity index is 0.00000665. The monoisotopic (exact) mass is 1250 g/mol. The van der Waals surface area contributed by atoms with Gasteiger partial charge in [0.25, 0.3) is 0 Å². The molecular weight excluding hydrogens is 1180 g/mol. The van der Waals surface area contributed by atoms with E-state index in [1.54, 1.807) is 0 Å². The maximum Gasteiger partial charge on any atom is 0.135 e. The molecule has 0 spiro atoms. The van der Waals surface area contributed by atoms with Crippen molar-refractivity contribution < 1.29 is 25.8 Å². The van der Waals surface area contributed by atoms with Crippen molar-refractivity contribution >= 4 is 76.5 Å². The SMILES string of the molecule is CC(C)(C)c1ccc(-c2cc(-c3cccc4c5ccccc5c5ccccc5c5cc(C(C)(C)C)cc6c5n(c34)[CH-]N6c3[c-]c(Oc4[c-]c5c(cc4)c4ccccc4n5-c4cc(C(C)(C)C)ccn4)ccc3)cc(C(C)(C)C)c2)cc1.[Pt]. The Morgan fingerprint density at radius 2 is 0.988 bits per heavy atom. The molecule has 82 heavy (non-hydrogen) atoms. The van der Waals surface area contributed by atoms with Crippen molar-refractivity contribution in [1.29, 1.82) is 0 Å². The molecule has 5 nitrogen and oxygen atoms in total. The third-order valence-corrected chi connectivity index (χ3v) is 16.5. The zero-order chi connectivity index (χ0) is 56.3. The van der Waals surface area contributed by atoms with Crippen LogP contribution in [0.15, 0.2) is 194 Å². The Morgan fingerprint density at radius 1 is 0.415 bits per heavy atom. The normalized spacial score (nSPS) is 12.9. The van der Waals surface area contributed by atoms with E-state index in [1.807, 2.05) is 18.3 Å². The molecule has 4 heterocycles. The molecule has 0 atom stereocenters. The molecule has 0 bridgehead atoms. The molecule has 0 fully saturated rings. The predicted octanol–water partition coefficient (Wildman–Crippen LogP) is 20.8. The number of ether oxygens (including phenoxy) is 1. The first-order chi connectivity index (χ1) is 38.7. The molecule has 0 unspecified atom stereocenters. The quantitative estimate of drug-likeness (QED) is 0.156. The third kappa shape index (κ3) is 9.61. The first kappa shape index (κ1) is 54.5. The molecule has 412 valence electrons. The van der Waals surface area contributed by atoms with Gasteiger partial charge in [0.1, 0.15) is 5.82 Å². The molecular formula is C76H69N4OPt-3. The topological polar surface area (TPSA) is 35.2 Å². The zero-order valence-electron chi connectivity index (χ0n) is 49.1. The minimum atomic E-state index is -0.178. The summed E-state index contributed by atoms with van der Waals surface area (Å²) in [4.78, 5) is 7.25. The van der Waals surface area contributed by atoms with Gasteiger partial charge in [0.2, 0.25) is 0 Å². The van der Waals surface area contributed by atoms with Crippen LogP contribution >= 0.6 is 0 Å². The second-order valence-electron chi connectivity index (χ2n) is 26.3. The van der Waals surface area contributed by atoms with Gasteiger partial charge in [-0.2, -0.15) is 12.1 Å². The second-order valence-corrected chi connectivity index (χ2v) is 26.3. The maximum atomic E-state index is 6.89. The number of rotatable bonds is 6. The van der Waals surface area contributed by atoms with Gasteiger partial charge >= 0.3 is 0 Å². The van der Waals surface area contributed by atoms with Crippen molar-refractivity contribution in [2.45, 2.75) is 105 Å². The summed E-state index contributed by atoms with van der Waals surface area (Å²) in [6.07, 6.45) is 1.91. The number of pyridine rings is 1. The van der Waals surface area contributed by atoms with Gasteiger partial charge in [0.05, 0.1) is 0 Å². The van der Waals surface area contributed by atoms with Crippen molar-refractivity contribution in [3.63, 3.8) is 0 Å². The minimum absolute atomic E-state index is 0. The molecule has 0 saturated heterocycles. The van der Waals surface area contributed by atoms with Gasteiger partial charge in [-0.3, -0.25) is 0 Å². The van der Waals surface area contributed by atoms with Crippen LogP contribution in [-0.4, -0.2) is 14.1 Å². The molecule has 6 heteroatoms. The molecule has 0 saturated carbocycles. The molecule has 12 aromatic rings. The molecule has 0 N–H and O–H groups in total. The Bertz CT molecular complexity index is 4570. The van der Waals surface area contributed by atoms with Crippen molar-refractivity contribution in [1.82, 2.24) is 14.1 Å². The van der Waals surface area contributed by atoms with Crippen molar-refractivity contribution in [3.05, 3.63) is 235 Å². The van der Waals surface area contributed by atoms with Crippen LogP contribution in [0.5, 0.6) is 11.5 Å². The van der Waals surface area contributed by atoms with Crippen molar-refractivity contribution in [2.24, 2.45) is 0 Å². The van der Waals surface area contributed by atoms with Crippen molar-refractivity contribution in [2.75, 3.05) is 4.90 Å². The third-order valence-electron chi connectivity index (χ3n) is 16.5. The molecule has 1 aliphatic rings. The van der Waals surface area contributed by atoms with Crippen LogP contribution in [0.4, 0.5) is 11.4 Å². The zero-order valence-corrected chi connectivity index (χ0v) is 51.3. The first-order valence-electron chi connectivity index (χ1n) is 28.5. The summed E-state index contributed by atoms with van der Waals surface area (Å²) in [6, 6.07) is 76.8. The van der Waals surface area contributed by atoms with Crippen LogP contribution in [0.3, 0.4) is 0 Å². The molecule has 0 radical (unpaired) electrons. The van der Waals surface area contributed by atoms with Gasteiger partial charge in [-0.25, -0.2) is 4.98 Å². The number of hydrogen-bond acceptors (Lipinski definition) is 3. The van der Waals surface area contributed by atoms with E-state index in [2.05, 4.69) is 292 Å². The van der Waals surface area contributed by atoms with E-state index in [9.17, 15) is 0 Å². The van der Waals surface area contributed by atoms with E-state index in [-0.39, 0.29) is 42.7 Å². The Morgan fingerprint density at radius 3 is 1.66 bits per heavy atom. The summed E-state index contributed by atoms with van der Waals surface area (Å²) in [5.41, 5.74) is 15.6. The summed E-state index contributed by atoms with van der Waals surface area (Å²) in [7, 11) is 0. The van der Waals surface area contributed by atoms with E-state index in [1.165, 1.54) is 60.3 Å². The Labute approximate surface area is 497 Å². The number of hydrogen-bond donors (Lipinski definition) is 0. The molecule has 1 aliphatic heterocycles. The molecule has 9 aromatic carbocycles. The molecule has 13 rings (SSSR count). The standard InChI is InChI=1S/C76H69N4O.Pt/c1-73(2,3)51-33-31-48(32-34-51)49-39-50(41-53(40-49)75(7,8)9)58-28-20-29-65-61-25-15-13-23-59(61)60-24-14-16-26-62(60)66-42-54(76(10,11)12)43-69-72(66)79(71(58)65)47-78(69)55-21-19-22-56(45-55)81-57-35-36-64-63-27-17-18-30-67(63)80(68(64)46-57)70-44-52(37-38-77-70)74(4,5)6;/h13-44,47H,1-12H3;/q-3;. The number of nitrogens with zero attached hydrogens (tertiary/aromatic N) is 4. The van der Waals surface area contributed by atoms with E-state index < -0.39 is 0 Å². The number of fused-ring (bicyclic) bond motifs is 10. The molecule has 0 amide bonds. The van der Waals surface area contributed by atoms with Gasteiger partial charge in [0, 0.05) is 50.0 Å². The van der Waals surface area contributed by atoms with Crippen LogP contribution in [0.2, 0.25) is 0 Å². The summed E-state index contributed by atoms with van der Waals surface area (Å²) in [6.45, 7) is 29.7. The maximum absolute atomic E-state index is 6.89. The predicted molar refractivity (Wildman–Crippen MR) is 342 cm³/mol. The second kappa shape index (κ2) is 20.1. The molecule has 0 aliphatic carbocycles. The van der Waals surface area contributed by atoms with Gasteiger partial charge in [0.15, 0.2) is 0 Å². The van der Waals surface area contributed by atoms with Crippen molar-refractivity contribution in [3.8, 4) is 39.6 Å². The van der Waals surface area contributed by atoms with E-state index in [0.717, 1.165) is 66.5 Å². The van der Waals surface area contributed by atoms with Crippen LogP contribution < -0.4 is 9.64 Å². The fourth-order valence-electron chi connectivity index (χ4n) is 11.9. The number of anilines is 2. The van der Waals surface area contributed by atoms with E-state index in [4.69, 9.17) is 9.72 Å². The molecule has 3 aromatic heterocycles. The fraction of sp³-hybridized carbons (Fsp3) is 0.211. The average Bonchev–Trinajstić information content (AvgIpc) is 4.24. The Hall–Kier alpha value is -8.11. The van der Waals surface area contributed by atoms with Crippen LogP contribution in [0.25, 0.3) is 93.2 Å². The number of aromatic nitrogens is 3. The number of para-hydroxylation sites is 2. The van der Waals surface area contributed by atoms with Gasteiger partial charge in [-0.1, -0.05) is 222 Å². The van der Waals surface area contributed by atoms with Gasteiger partial charge < -0.3 is 18.8 Å². The number of benzene rings is 9. The minimum Gasteiger partial charge on any atom is -0.509 e. The summed E-state index contributed by atoms with van der Waals surface area (Å²) >= 11 is 0. The van der Waals surface area contributed by atoms with Gasteiger partial charge in [-0.05, 0) is 152 Å². The van der Waals surface area contributed by atoms with E-state index in [0.29, 0.717) is 11.5 Å². The fourth-order valence-corrected chi connectivity index (χ4v) is 11.9. The van der Waals surface area contributed by atoms with Gasteiger partial charge in [-0.15, -0.1) is 35.7 Å². The first-order valence-corrected chi connectivity index (χ1v) is 28.5. The van der Waals surface area contributed by atoms with E-state index >= 15 is 0 Å². The summed E-state index contributed by atoms with van der Waals surface area (Å²) in [5.74, 6) is 2.03. The average molecular weight is 1250 g/mol. The largest absolute Gasteiger partial charge is 0.509 e. The summed E-state index contributed by atoms with van der Waals surface area (Å²) in [5, 5.41) is 9.29. The summed E-state index contributed by atoms with van der Waals surface area (Å²) < 4.78 is 11.6.